The zero-order chi connectivity index (χ0) is 18.8. The third kappa shape index (κ3) is 5.32. The van der Waals surface area contributed by atoms with Crippen LogP contribution in [0.2, 0.25) is 0 Å². The Balaban J connectivity index is 1.98. The molecule has 0 aliphatic heterocycles. The molecule has 0 N–H and O–H groups in total. The molecule has 140 valence electrons. The fourth-order valence-electron chi connectivity index (χ4n) is 2.98. The highest BCUT2D eigenvalue weighted by Crippen LogP contribution is 2.58. The Kier molecular flexibility index (Phi) is 8.59. The smallest absolute Gasteiger partial charge is 0.0817 e. The summed E-state index contributed by atoms with van der Waals surface area (Å²) in [5, 5.41) is 0. The number of benzene rings is 3. The van der Waals surface area contributed by atoms with Crippen LogP contribution in [0.15, 0.2) is 91.0 Å². The summed E-state index contributed by atoms with van der Waals surface area (Å²) in [4.78, 5) is 0. The van der Waals surface area contributed by atoms with Crippen molar-refractivity contribution in [2.45, 2.75) is 24.5 Å². The number of rotatable bonds is 10. The summed E-state index contributed by atoms with van der Waals surface area (Å²) >= 11 is 0. The Bertz CT molecular complexity index is 679. The van der Waals surface area contributed by atoms with E-state index < -0.39 is 0 Å². The van der Waals surface area contributed by atoms with Crippen molar-refractivity contribution >= 4 is 41.2 Å². The first-order chi connectivity index (χ1) is 13.4. The lowest BCUT2D eigenvalue weighted by Crippen LogP contribution is -2.24. The van der Waals surface area contributed by atoms with Crippen LogP contribution in [-0.2, 0) is 4.75 Å². The van der Waals surface area contributed by atoms with Gasteiger partial charge in [0.15, 0.2) is 0 Å². The molecule has 3 aromatic rings. The van der Waals surface area contributed by atoms with Gasteiger partial charge in [-0.25, -0.2) is 0 Å². The minimum absolute atomic E-state index is 0.229. The number of hydrogen-bond acceptors (Lipinski definition) is 4. The van der Waals surface area contributed by atoms with Crippen LogP contribution in [0.1, 0.15) is 36.5 Å². The molecule has 0 fully saturated rings. The standard InChI is InChI=1S/C23H24S4/c1-2-3-19-24-26-27-25-23(20-13-7-4-8-14-20,21-15-9-5-10-16-21)22-17-11-6-12-18-22/h4-18H,2-3,19H2,1H3. The van der Waals surface area contributed by atoms with E-state index in [4.69, 9.17) is 0 Å². The zero-order valence-corrected chi connectivity index (χ0v) is 18.7. The molecule has 0 nitrogen and oxygen atoms in total. The molecule has 4 heteroatoms. The van der Waals surface area contributed by atoms with Crippen LogP contribution in [0.4, 0.5) is 0 Å². The number of hydrogen-bond donors (Lipinski definition) is 0. The molecule has 0 aliphatic carbocycles. The van der Waals surface area contributed by atoms with Crippen LogP contribution < -0.4 is 0 Å². The van der Waals surface area contributed by atoms with E-state index in [9.17, 15) is 0 Å². The van der Waals surface area contributed by atoms with Gasteiger partial charge in [-0.1, -0.05) is 126 Å². The van der Waals surface area contributed by atoms with Crippen LogP contribution >= 0.6 is 41.2 Å². The van der Waals surface area contributed by atoms with Crippen molar-refractivity contribution in [2.24, 2.45) is 0 Å². The quantitative estimate of drug-likeness (QED) is 0.180. The maximum Gasteiger partial charge on any atom is 0.102 e. The summed E-state index contributed by atoms with van der Waals surface area (Å²) in [5.41, 5.74) is 3.96. The summed E-state index contributed by atoms with van der Waals surface area (Å²) in [7, 11) is 7.70. The molecule has 0 bridgehead atoms. The van der Waals surface area contributed by atoms with Gasteiger partial charge >= 0.3 is 0 Å². The summed E-state index contributed by atoms with van der Waals surface area (Å²) < 4.78 is -0.229. The Labute approximate surface area is 178 Å². The molecular formula is C23H24S4. The van der Waals surface area contributed by atoms with E-state index in [1.807, 2.05) is 41.2 Å². The second kappa shape index (κ2) is 11.2. The molecular weight excluding hydrogens is 405 g/mol. The number of unbranched alkanes of at least 4 members (excludes halogenated alkanes) is 1. The van der Waals surface area contributed by atoms with Crippen molar-refractivity contribution in [3.05, 3.63) is 108 Å². The lowest BCUT2D eigenvalue weighted by Gasteiger charge is -2.34. The van der Waals surface area contributed by atoms with Gasteiger partial charge in [0.05, 0.1) is 0 Å². The molecule has 0 amide bonds. The third-order valence-electron chi connectivity index (χ3n) is 4.36. The molecule has 0 saturated carbocycles. The largest absolute Gasteiger partial charge is 0.102 e. The first kappa shape index (κ1) is 20.8. The second-order valence-corrected chi connectivity index (χ2v) is 12.3. The van der Waals surface area contributed by atoms with Crippen LogP contribution in [-0.4, -0.2) is 5.75 Å². The highest BCUT2D eigenvalue weighted by atomic mass is 33.7. The summed E-state index contributed by atoms with van der Waals surface area (Å²) in [5.74, 6) is 1.21. The van der Waals surface area contributed by atoms with Crippen molar-refractivity contribution in [2.75, 3.05) is 5.75 Å². The predicted octanol–water partition coefficient (Wildman–Crippen LogP) is 8.46. The molecule has 3 aromatic carbocycles. The van der Waals surface area contributed by atoms with Gasteiger partial charge in [-0.05, 0) is 42.8 Å². The Hall–Kier alpha value is -0.940. The molecule has 0 radical (unpaired) electrons. The van der Waals surface area contributed by atoms with E-state index >= 15 is 0 Å². The van der Waals surface area contributed by atoms with E-state index in [-0.39, 0.29) is 4.75 Å². The van der Waals surface area contributed by atoms with Gasteiger partial charge in [-0.3, -0.25) is 0 Å². The first-order valence-electron chi connectivity index (χ1n) is 9.18. The molecule has 0 aliphatic rings. The van der Waals surface area contributed by atoms with Crippen molar-refractivity contribution in [3.8, 4) is 0 Å². The lowest BCUT2D eigenvalue weighted by molar-refractivity contribution is 0.898. The van der Waals surface area contributed by atoms with Gasteiger partial charge in [-0.2, -0.15) is 0 Å². The molecule has 3 rings (SSSR count). The summed E-state index contributed by atoms with van der Waals surface area (Å²) in [6, 6.07) is 32.7. The maximum atomic E-state index is 2.25. The van der Waals surface area contributed by atoms with Gasteiger partial charge in [-0.15, -0.1) is 0 Å². The van der Waals surface area contributed by atoms with Crippen molar-refractivity contribution in [1.82, 2.24) is 0 Å². The van der Waals surface area contributed by atoms with Crippen LogP contribution in [0.25, 0.3) is 0 Å². The Morgan fingerprint density at radius 1 is 0.630 bits per heavy atom. The van der Waals surface area contributed by atoms with Crippen LogP contribution in [0.5, 0.6) is 0 Å². The van der Waals surface area contributed by atoms with Gasteiger partial charge in [0.25, 0.3) is 0 Å². The molecule has 0 aromatic heterocycles. The summed E-state index contributed by atoms with van der Waals surface area (Å²) in [6.45, 7) is 2.25. The van der Waals surface area contributed by atoms with Crippen LogP contribution in [0, 0.1) is 0 Å². The minimum Gasteiger partial charge on any atom is -0.0817 e. The fourth-order valence-corrected chi connectivity index (χ4v) is 10.2. The molecule has 0 saturated heterocycles. The lowest BCUT2D eigenvalue weighted by atomic mass is 9.84. The minimum atomic E-state index is -0.229. The van der Waals surface area contributed by atoms with E-state index in [2.05, 4.69) is 97.9 Å². The van der Waals surface area contributed by atoms with Gasteiger partial charge in [0, 0.05) is 5.75 Å². The van der Waals surface area contributed by atoms with Crippen molar-refractivity contribution < 1.29 is 0 Å². The van der Waals surface area contributed by atoms with E-state index in [1.54, 1.807) is 0 Å². The monoisotopic (exact) mass is 428 g/mol. The maximum absolute atomic E-state index is 2.25. The zero-order valence-electron chi connectivity index (χ0n) is 15.4. The van der Waals surface area contributed by atoms with Gasteiger partial charge in [0.1, 0.15) is 4.75 Å². The van der Waals surface area contributed by atoms with Crippen molar-refractivity contribution in [1.29, 1.82) is 0 Å². The third-order valence-corrected chi connectivity index (χ3v) is 11.4. The van der Waals surface area contributed by atoms with Crippen molar-refractivity contribution in [3.63, 3.8) is 0 Å². The van der Waals surface area contributed by atoms with E-state index in [0.717, 1.165) is 0 Å². The second-order valence-electron chi connectivity index (χ2n) is 6.17. The highest BCUT2D eigenvalue weighted by molar-refractivity contribution is 9.26. The van der Waals surface area contributed by atoms with E-state index in [1.165, 1.54) is 35.3 Å². The molecule has 0 atom stereocenters. The summed E-state index contributed by atoms with van der Waals surface area (Å²) in [6.07, 6.45) is 2.54. The Morgan fingerprint density at radius 3 is 1.48 bits per heavy atom. The molecule has 27 heavy (non-hydrogen) atoms. The predicted molar refractivity (Wildman–Crippen MR) is 129 cm³/mol. The fraction of sp³-hybridized carbons (Fsp3) is 0.217. The molecule has 0 heterocycles. The average Bonchev–Trinajstić information content (AvgIpc) is 2.75. The SMILES string of the molecule is CCCCSSSSC(c1ccccc1)(c1ccccc1)c1ccccc1. The highest BCUT2D eigenvalue weighted by Gasteiger charge is 2.37. The Morgan fingerprint density at radius 2 is 1.07 bits per heavy atom. The van der Waals surface area contributed by atoms with Gasteiger partial charge < -0.3 is 0 Å². The first-order valence-corrected chi connectivity index (χ1v) is 14.2. The molecule has 0 unspecified atom stereocenters. The van der Waals surface area contributed by atoms with E-state index in [0.29, 0.717) is 0 Å². The van der Waals surface area contributed by atoms with Crippen LogP contribution in [0.3, 0.4) is 0 Å². The van der Waals surface area contributed by atoms with Gasteiger partial charge in [0.2, 0.25) is 0 Å². The average molecular weight is 429 g/mol. The normalized spacial score (nSPS) is 11.4. The molecule has 0 spiro atoms. The topological polar surface area (TPSA) is 0 Å².